The number of anilines is 2. The Kier molecular flexibility index (Phi) is 6.58. The third-order valence-corrected chi connectivity index (χ3v) is 4.05. The number of nitriles is 1. The topological polar surface area (TPSA) is 96.9 Å². The molecule has 0 spiro atoms. The van der Waals surface area contributed by atoms with Crippen molar-refractivity contribution in [2.75, 3.05) is 24.7 Å². The number of methoxy groups -OCH3 is 1. The van der Waals surface area contributed by atoms with E-state index in [4.69, 9.17) is 15.7 Å². The lowest BCUT2D eigenvalue weighted by Gasteiger charge is -2.16. The van der Waals surface area contributed by atoms with Crippen molar-refractivity contribution >= 4 is 11.8 Å². The summed E-state index contributed by atoms with van der Waals surface area (Å²) in [6.45, 7) is 4.92. The van der Waals surface area contributed by atoms with Gasteiger partial charge in [0.2, 0.25) is 5.95 Å². The number of aromatic nitrogens is 2. The zero-order valence-electron chi connectivity index (χ0n) is 15.1. The third-order valence-electron chi connectivity index (χ3n) is 4.05. The van der Waals surface area contributed by atoms with Gasteiger partial charge in [0.25, 0.3) is 0 Å². The van der Waals surface area contributed by atoms with Crippen LogP contribution in [0.1, 0.15) is 42.1 Å². The number of unbranched alkanes of at least 4 members (excludes halogenated alkanes) is 1. The van der Waals surface area contributed by atoms with E-state index in [1.54, 1.807) is 7.11 Å². The predicted molar refractivity (Wildman–Crippen MR) is 99.7 cm³/mol. The van der Waals surface area contributed by atoms with Crippen molar-refractivity contribution in [3.8, 4) is 11.8 Å². The van der Waals surface area contributed by atoms with E-state index >= 15 is 0 Å². The second-order valence-electron chi connectivity index (χ2n) is 5.93. The van der Waals surface area contributed by atoms with Crippen LogP contribution in [0.25, 0.3) is 0 Å². The number of nitrogens with zero attached hydrogens (tertiary/aromatic N) is 3. The van der Waals surface area contributed by atoms with E-state index in [2.05, 4.69) is 28.3 Å². The maximum Gasteiger partial charge on any atom is 0.222 e. The summed E-state index contributed by atoms with van der Waals surface area (Å²) < 4.78 is 5.48. The first-order valence-corrected chi connectivity index (χ1v) is 8.48. The van der Waals surface area contributed by atoms with Crippen molar-refractivity contribution < 1.29 is 4.74 Å². The fraction of sp³-hybridized carbons (Fsp3) is 0.421. The number of rotatable bonds is 8. The highest BCUT2D eigenvalue weighted by molar-refractivity contribution is 5.53. The summed E-state index contributed by atoms with van der Waals surface area (Å²) in [5, 5.41) is 12.3. The molecule has 3 N–H and O–H groups in total. The molecule has 0 fully saturated rings. The summed E-state index contributed by atoms with van der Waals surface area (Å²) in [4.78, 5) is 8.68. The Labute approximate surface area is 149 Å². The van der Waals surface area contributed by atoms with Crippen LogP contribution in [-0.2, 0) is 12.8 Å². The molecule has 0 atom stereocenters. The van der Waals surface area contributed by atoms with Gasteiger partial charge in [-0.15, -0.1) is 0 Å². The normalized spacial score (nSPS) is 10.3. The monoisotopic (exact) mass is 339 g/mol. The number of nitrogen functional groups attached to an aromatic ring is 1. The molecule has 0 unspecified atom stereocenters. The van der Waals surface area contributed by atoms with Crippen LogP contribution in [0.5, 0.6) is 5.75 Å². The summed E-state index contributed by atoms with van der Waals surface area (Å²) in [6.07, 6.45) is 3.15. The Morgan fingerprint density at radius 2 is 2.12 bits per heavy atom. The summed E-state index contributed by atoms with van der Waals surface area (Å²) in [5.41, 5.74) is 9.64. The van der Waals surface area contributed by atoms with Crippen LogP contribution in [0.15, 0.2) is 18.2 Å². The van der Waals surface area contributed by atoms with Crippen molar-refractivity contribution in [1.29, 1.82) is 5.26 Å². The molecule has 0 amide bonds. The molecule has 0 saturated heterocycles. The molecule has 0 radical (unpaired) electrons. The Bertz CT molecular complexity index is 767. The molecule has 6 nitrogen and oxygen atoms in total. The van der Waals surface area contributed by atoms with Crippen molar-refractivity contribution in [2.45, 2.75) is 39.5 Å². The zero-order valence-corrected chi connectivity index (χ0v) is 15.1. The van der Waals surface area contributed by atoms with Gasteiger partial charge in [-0.2, -0.15) is 10.2 Å². The minimum atomic E-state index is 0.269. The summed E-state index contributed by atoms with van der Waals surface area (Å²) in [6, 6.07) is 8.01. The molecule has 0 bridgehead atoms. The van der Waals surface area contributed by atoms with E-state index in [1.807, 2.05) is 25.1 Å². The highest BCUT2D eigenvalue weighted by atomic mass is 16.5. The Hall–Kier alpha value is -2.81. The molecule has 0 saturated carbocycles. The van der Waals surface area contributed by atoms with Gasteiger partial charge < -0.3 is 15.8 Å². The molecule has 0 aliphatic carbocycles. The number of nitrogens with one attached hydrogen (secondary N) is 1. The fourth-order valence-electron chi connectivity index (χ4n) is 2.72. The summed E-state index contributed by atoms with van der Waals surface area (Å²) in [7, 11) is 1.65. The smallest absolute Gasteiger partial charge is 0.222 e. The van der Waals surface area contributed by atoms with Gasteiger partial charge in [0.15, 0.2) is 0 Å². The molecule has 1 aromatic carbocycles. The van der Waals surface area contributed by atoms with Crippen molar-refractivity contribution in [3.63, 3.8) is 0 Å². The van der Waals surface area contributed by atoms with Crippen LogP contribution < -0.4 is 15.8 Å². The van der Waals surface area contributed by atoms with Gasteiger partial charge in [0.05, 0.1) is 19.6 Å². The average molecular weight is 339 g/mol. The van der Waals surface area contributed by atoms with E-state index < -0.39 is 0 Å². The molecule has 132 valence electrons. The van der Waals surface area contributed by atoms with Crippen LogP contribution in [0.2, 0.25) is 0 Å². The van der Waals surface area contributed by atoms with Gasteiger partial charge in [0.1, 0.15) is 11.6 Å². The predicted octanol–water partition coefficient (Wildman–Crippen LogP) is 3.24. The molecule has 2 aromatic rings. The van der Waals surface area contributed by atoms with Gasteiger partial charge in [0, 0.05) is 24.2 Å². The standard InChI is InChI=1S/C19H25N5O/c1-4-5-10-22-18-16(13(2)23-19(21)24-18)12-15-11-14(8-9-20)6-7-17(15)25-3/h6-7,11H,4-5,8,10,12H2,1-3H3,(H3,21,22,23,24). The van der Waals surface area contributed by atoms with Crippen molar-refractivity contribution in [2.24, 2.45) is 0 Å². The first-order chi connectivity index (χ1) is 12.1. The number of hydrogen-bond acceptors (Lipinski definition) is 6. The number of benzene rings is 1. The maximum absolute atomic E-state index is 8.94. The number of hydrogen-bond donors (Lipinski definition) is 2. The van der Waals surface area contributed by atoms with E-state index in [0.717, 1.165) is 53.3 Å². The molecule has 1 aromatic heterocycles. The Balaban J connectivity index is 2.38. The van der Waals surface area contributed by atoms with E-state index in [9.17, 15) is 0 Å². The van der Waals surface area contributed by atoms with Gasteiger partial charge in [-0.3, -0.25) is 0 Å². The first-order valence-electron chi connectivity index (χ1n) is 8.48. The molecular weight excluding hydrogens is 314 g/mol. The average Bonchev–Trinajstić information content (AvgIpc) is 2.58. The highest BCUT2D eigenvalue weighted by Crippen LogP contribution is 2.27. The SMILES string of the molecule is CCCCNc1nc(N)nc(C)c1Cc1cc(CC#N)ccc1OC. The van der Waals surface area contributed by atoms with E-state index in [1.165, 1.54) is 0 Å². The zero-order chi connectivity index (χ0) is 18.2. The molecule has 0 aliphatic heterocycles. The highest BCUT2D eigenvalue weighted by Gasteiger charge is 2.14. The van der Waals surface area contributed by atoms with Crippen molar-refractivity contribution in [3.05, 3.63) is 40.6 Å². The van der Waals surface area contributed by atoms with E-state index in [-0.39, 0.29) is 5.95 Å². The van der Waals surface area contributed by atoms with Gasteiger partial charge in [-0.25, -0.2) is 4.98 Å². The summed E-state index contributed by atoms with van der Waals surface area (Å²) >= 11 is 0. The molecule has 0 aliphatic rings. The van der Waals surface area contributed by atoms with Crippen LogP contribution in [0.4, 0.5) is 11.8 Å². The van der Waals surface area contributed by atoms with Crippen LogP contribution >= 0.6 is 0 Å². The lowest BCUT2D eigenvalue weighted by molar-refractivity contribution is 0.410. The molecule has 2 rings (SSSR count). The second kappa shape index (κ2) is 8.88. The van der Waals surface area contributed by atoms with Gasteiger partial charge >= 0.3 is 0 Å². The minimum Gasteiger partial charge on any atom is -0.496 e. The number of nitrogens with two attached hydrogens (primary N) is 1. The summed E-state index contributed by atoms with van der Waals surface area (Å²) in [5.74, 6) is 1.83. The Morgan fingerprint density at radius 3 is 2.80 bits per heavy atom. The number of ether oxygens (including phenoxy) is 1. The molecule has 1 heterocycles. The number of aryl methyl sites for hydroxylation is 1. The van der Waals surface area contributed by atoms with Crippen LogP contribution in [0.3, 0.4) is 0 Å². The van der Waals surface area contributed by atoms with E-state index in [0.29, 0.717) is 12.8 Å². The van der Waals surface area contributed by atoms with Gasteiger partial charge in [-0.05, 0) is 30.5 Å². The minimum absolute atomic E-state index is 0.269. The largest absolute Gasteiger partial charge is 0.496 e. The van der Waals surface area contributed by atoms with Crippen LogP contribution in [-0.4, -0.2) is 23.6 Å². The van der Waals surface area contributed by atoms with Crippen molar-refractivity contribution in [1.82, 2.24) is 9.97 Å². The third kappa shape index (κ3) is 4.83. The maximum atomic E-state index is 8.94. The Morgan fingerprint density at radius 1 is 1.32 bits per heavy atom. The van der Waals surface area contributed by atoms with Gasteiger partial charge in [-0.1, -0.05) is 25.5 Å². The van der Waals surface area contributed by atoms with Crippen LogP contribution in [0, 0.1) is 18.3 Å². The molecule has 25 heavy (non-hydrogen) atoms. The quantitative estimate of drug-likeness (QED) is 0.717. The first kappa shape index (κ1) is 18.5. The fourth-order valence-corrected chi connectivity index (χ4v) is 2.72. The lowest BCUT2D eigenvalue weighted by Crippen LogP contribution is -2.11. The lowest BCUT2D eigenvalue weighted by atomic mass is 10.00. The molecular formula is C19H25N5O. The molecule has 6 heteroatoms. The second-order valence-corrected chi connectivity index (χ2v) is 5.93.